The first kappa shape index (κ1) is 11.1. The van der Waals surface area contributed by atoms with E-state index in [1.807, 2.05) is 6.08 Å². The largest absolute Gasteiger partial charge is 0.375 e. The normalized spacial score (nSPS) is 24.8. The van der Waals surface area contributed by atoms with Crippen LogP contribution in [0.5, 0.6) is 0 Å². The number of allylic oxidation sites excluding steroid dienone is 4. The highest BCUT2D eigenvalue weighted by molar-refractivity contribution is 5.38. The molecule has 0 bridgehead atoms. The first-order chi connectivity index (χ1) is 6.70. The van der Waals surface area contributed by atoms with Crippen molar-refractivity contribution in [1.82, 2.24) is 4.90 Å². The molecule has 0 aromatic carbocycles. The topological polar surface area (TPSA) is 3.24 Å². The first-order valence-electron chi connectivity index (χ1n) is 5.40. The van der Waals surface area contributed by atoms with Crippen LogP contribution < -0.4 is 0 Å². The van der Waals surface area contributed by atoms with Crippen molar-refractivity contribution in [2.24, 2.45) is 0 Å². The summed E-state index contributed by atoms with van der Waals surface area (Å²) in [7, 11) is 2.18. The second-order valence-electron chi connectivity index (χ2n) is 3.92. The fourth-order valence-corrected chi connectivity index (χ4v) is 2.05. The second kappa shape index (κ2) is 5.04. The third-order valence-corrected chi connectivity index (χ3v) is 2.95. The molecule has 14 heavy (non-hydrogen) atoms. The zero-order valence-corrected chi connectivity index (χ0v) is 9.64. The van der Waals surface area contributed by atoms with Crippen LogP contribution in [0.25, 0.3) is 0 Å². The number of likely N-dealkylation sites (tertiary alicyclic amines) is 1. The molecule has 78 valence electrons. The number of hydrogen-bond donors (Lipinski definition) is 0. The average Bonchev–Trinajstić information content (AvgIpc) is 2.38. The SMILES string of the molecule is C=C/C(C)=C1/CCCCN(C)/C1=C/C. The average molecular weight is 191 g/mol. The molecule has 0 unspecified atom stereocenters. The van der Waals surface area contributed by atoms with E-state index in [-0.39, 0.29) is 0 Å². The molecule has 0 amide bonds. The maximum Gasteiger partial charge on any atom is 0.0355 e. The molecule has 1 fully saturated rings. The van der Waals surface area contributed by atoms with Gasteiger partial charge < -0.3 is 4.90 Å². The molecule has 1 heteroatoms. The van der Waals surface area contributed by atoms with Crippen molar-refractivity contribution in [2.75, 3.05) is 13.6 Å². The van der Waals surface area contributed by atoms with E-state index in [9.17, 15) is 0 Å². The minimum atomic E-state index is 1.17. The lowest BCUT2D eigenvalue weighted by Gasteiger charge is -2.22. The molecule has 1 saturated heterocycles. The van der Waals surface area contributed by atoms with E-state index in [2.05, 4.69) is 38.5 Å². The van der Waals surface area contributed by atoms with Crippen molar-refractivity contribution in [1.29, 1.82) is 0 Å². The Balaban J connectivity index is 3.07. The van der Waals surface area contributed by atoms with Crippen LogP contribution in [0.4, 0.5) is 0 Å². The molecular weight excluding hydrogens is 170 g/mol. The molecule has 0 aromatic rings. The van der Waals surface area contributed by atoms with E-state index in [1.54, 1.807) is 0 Å². The van der Waals surface area contributed by atoms with Gasteiger partial charge in [-0.3, -0.25) is 0 Å². The summed E-state index contributed by atoms with van der Waals surface area (Å²) in [6.45, 7) is 9.31. The molecule has 0 radical (unpaired) electrons. The Morgan fingerprint density at radius 2 is 2.14 bits per heavy atom. The zero-order chi connectivity index (χ0) is 10.6. The number of hydrogen-bond acceptors (Lipinski definition) is 1. The van der Waals surface area contributed by atoms with Gasteiger partial charge in [0.1, 0.15) is 0 Å². The lowest BCUT2D eigenvalue weighted by molar-refractivity contribution is 0.427. The minimum absolute atomic E-state index is 1.17. The second-order valence-corrected chi connectivity index (χ2v) is 3.92. The highest BCUT2D eigenvalue weighted by Gasteiger charge is 2.14. The van der Waals surface area contributed by atoms with Gasteiger partial charge in [-0.1, -0.05) is 18.7 Å². The van der Waals surface area contributed by atoms with E-state index in [1.165, 1.54) is 42.7 Å². The molecule has 1 rings (SSSR count). The van der Waals surface area contributed by atoms with E-state index < -0.39 is 0 Å². The lowest BCUT2D eigenvalue weighted by atomic mass is 10.0. The van der Waals surface area contributed by atoms with Gasteiger partial charge in [0, 0.05) is 19.3 Å². The quantitative estimate of drug-likeness (QED) is 0.613. The fourth-order valence-electron chi connectivity index (χ4n) is 2.05. The van der Waals surface area contributed by atoms with Crippen LogP contribution in [0, 0.1) is 0 Å². The molecule has 0 aromatic heterocycles. The molecule has 1 nitrogen and oxygen atoms in total. The molecule has 0 saturated carbocycles. The van der Waals surface area contributed by atoms with Crippen LogP contribution in [0.15, 0.2) is 35.6 Å². The Bertz CT molecular complexity index is 271. The minimum Gasteiger partial charge on any atom is -0.375 e. The molecule has 0 spiro atoms. The van der Waals surface area contributed by atoms with E-state index in [4.69, 9.17) is 0 Å². The zero-order valence-electron chi connectivity index (χ0n) is 9.64. The van der Waals surface area contributed by atoms with Gasteiger partial charge in [0.15, 0.2) is 0 Å². The van der Waals surface area contributed by atoms with Crippen LogP contribution in [-0.4, -0.2) is 18.5 Å². The van der Waals surface area contributed by atoms with Crippen molar-refractivity contribution in [3.05, 3.63) is 35.6 Å². The van der Waals surface area contributed by atoms with Gasteiger partial charge in [0.25, 0.3) is 0 Å². The number of likely N-dealkylation sites (N-methyl/N-ethyl adjacent to an activating group) is 1. The van der Waals surface area contributed by atoms with Gasteiger partial charge >= 0.3 is 0 Å². The monoisotopic (exact) mass is 191 g/mol. The Morgan fingerprint density at radius 3 is 2.71 bits per heavy atom. The summed E-state index contributed by atoms with van der Waals surface area (Å²) >= 11 is 0. The summed E-state index contributed by atoms with van der Waals surface area (Å²) in [4.78, 5) is 2.36. The van der Waals surface area contributed by atoms with Gasteiger partial charge in [-0.15, -0.1) is 0 Å². The Labute approximate surface area is 87.8 Å². The van der Waals surface area contributed by atoms with Crippen molar-refractivity contribution in [3.63, 3.8) is 0 Å². The molecular formula is C13H21N. The predicted molar refractivity (Wildman–Crippen MR) is 63.1 cm³/mol. The summed E-state index contributed by atoms with van der Waals surface area (Å²) in [6.07, 6.45) is 7.97. The van der Waals surface area contributed by atoms with E-state index in [0.717, 1.165) is 0 Å². The van der Waals surface area contributed by atoms with Gasteiger partial charge in [0.2, 0.25) is 0 Å². The Morgan fingerprint density at radius 1 is 1.43 bits per heavy atom. The van der Waals surface area contributed by atoms with Crippen LogP contribution in [0.2, 0.25) is 0 Å². The molecule has 1 aliphatic rings. The number of nitrogens with zero attached hydrogens (tertiary/aromatic N) is 1. The summed E-state index contributed by atoms with van der Waals surface area (Å²) in [5.74, 6) is 0. The van der Waals surface area contributed by atoms with Gasteiger partial charge in [-0.2, -0.15) is 0 Å². The molecule has 0 N–H and O–H groups in total. The summed E-state index contributed by atoms with van der Waals surface area (Å²) < 4.78 is 0. The molecule has 0 atom stereocenters. The first-order valence-corrected chi connectivity index (χ1v) is 5.40. The van der Waals surface area contributed by atoms with E-state index in [0.29, 0.717) is 0 Å². The molecule has 1 aliphatic heterocycles. The molecule has 0 aliphatic carbocycles. The van der Waals surface area contributed by atoms with Crippen LogP contribution in [0.1, 0.15) is 33.1 Å². The van der Waals surface area contributed by atoms with Crippen LogP contribution >= 0.6 is 0 Å². The maximum atomic E-state index is 3.86. The van der Waals surface area contributed by atoms with Gasteiger partial charge in [0.05, 0.1) is 0 Å². The van der Waals surface area contributed by atoms with Crippen molar-refractivity contribution in [3.8, 4) is 0 Å². The summed E-state index contributed by atoms with van der Waals surface area (Å²) in [5, 5.41) is 0. The summed E-state index contributed by atoms with van der Waals surface area (Å²) in [5.41, 5.74) is 4.19. The van der Waals surface area contributed by atoms with Gasteiger partial charge in [-0.25, -0.2) is 0 Å². The highest BCUT2D eigenvalue weighted by atomic mass is 15.1. The van der Waals surface area contributed by atoms with Gasteiger partial charge in [-0.05, 0) is 44.3 Å². The van der Waals surface area contributed by atoms with Crippen molar-refractivity contribution in [2.45, 2.75) is 33.1 Å². The van der Waals surface area contributed by atoms with Crippen molar-refractivity contribution < 1.29 is 0 Å². The van der Waals surface area contributed by atoms with Crippen LogP contribution in [-0.2, 0) is 0 Å². The smallest absolute Gasteiger partial charge is 0.0355 e. The predicted octanol–water partition coefficient (Wildman–Crippen LogP) is 3.51. The maximum absolute atomic E-state index is 3.86. The number of rotatable bonds is 1. The Kier molecular flexibility index (Phi) is 3.99. The lowest BCUT2D eigenvalue weighted by Crippen LogP contribution is -2.18. The van der Waals surface area contributed by atoms with Crippen LogP contribution in [0.3, 0.4) is 0 Å². The van der Waals surface area contributed by atoms with Crippen molar-refractivity contribution >= 4 is 0 Å². The third kappa shape index (κ3) is 2.28. The standard InChI is InChI=1S/C13H21N/c1-5-11(3)12-9-7-8-10-14(4)13(12)6-2/h5-6H,1,7-10H2,2-4H3/b12-11-,13-6+. The summed E-state index contributed by atoms with van der Waals surface area (Å²) in [6, 6.07) is 0. The highest BCUT2D eigenvalue weighted by Crippen LogP contribution is 2.27. The van der Waals surface area contributed by atoms with E-state index >= 15 is 0 Å². The fraction of sp³-hybridized carbons (Fsp3) is 0.538. The molecule has 1 heterocycles. The Hall–Kier alpha value is -0.980. The third-order valence-electron chi connectivity index (χ3n) is 2.95.